The van der Waals surface area contributed by atoms with Crippen LogP contribution >= 0.6 is 11.8 Å². The monoisotopic (exact) mass is 315 g/mol. The molecule has 0 aliphatic carbocycles. The molecule has 1 amide bonds. The second-order valence-corrected chi connectivity index (χ2v) is 6.56. The van der Waals surface area contributed by atoms with Crippen LogP contribution in [0, 0.1) is 5.92 Å². The fourth-order valence-corrected chi connectivity index (χ4v) is 3.30. The zero-order chi connectivity index (χ0) is 15.5. The van der Waals surface area contributed by atoms with Crippen LogP contribution in [0.5, 0.6) is 0 Å². The molecule has 1 aliphatic rings. The highest BCUT2D eigenvalue weighted by molar-refractivity contribution is 8.13. The SMILES string of the molecule is CC(=O)SCC1CC(=O)N(c2cccc(-n3ccnc3)c2)C1. The smallest absolute Gasteiger partial charge is 0.227 e. The van der Waals surface area contributed by atoms with Gasteiger partial charge in [-0.15, -0.1) is 0 Å². The highest BCUT2D eigenvalue weighted by atomic mass is 32.2. The van der Waals surface area contributed by atoms with Gasteiger partial charge in [-0.2, -0.15) is 0 Å². The molecule has 0 saturated carbocycles. The first kappa shape index (κ1) is 14.8. The second-order valence-electron chi connectivity index (χ2n) is 5.37. The van der Waals surface area contributed by atoms with Crippen LogP contribution in [0.4, 0.5) is 5.69 Å². The van der Waals surface area contributed by atoms with Crippen LogP contribution in [-0.4, -0.2) is 32.9 Å². The quantitative estimate of drug-likeness (QED) is 0.870. The Hall–Kier alpha value is -2.08. The van der Waals surface area contributed by atoms with Gasteiger partial charge in [0, 0.05) is 49.4 Å². The van der Waals surface area contributed by atoms with E-state index in [1.165, 1.54) is 11.8 Å². The Labute approximate surface area is 133 Å². The molecule has 1 aromatic carbocycles. The van der Waals surface area contributed by atoms with E-state index in [1.807, 2.05) is 39.9 Å². The van der Waals surface area contributed by atoms with Gasteiger partial charge in [-0.05, 0) is 24.1 Å². The lowest BCUT2D eigenvalue weighted by molar-refractivity contribution is -0.117. The molecule has 1 aromatic heterocycles. The molecular weight excluding hydrogens is 298 g/mol. The summed E-state index contributed by atoms with van der Waals surface area (Å²) in [6, 6.07) is 7.85. The van der Waals surface area contributed by atoms with E-state index in [0.717, 1.165) is 11.4 Å². The number of aromatic nitrogens is 2. The Balaban J connectivity index is 1.75. The topological polar surface area (TPSA) is 55.2 Å². The van der Waals surface area contributed by atoms with E-state index in [-0.39, 0.29) is 16.9 Å². The first-order valence-corrected chi connectivity index (χ1v) is 8.14. The van der Waals surface area contributed by atoms with E-state index in [9.17, 15) is 9.59 Å². The van der Waals surface area contributed by atoms with Crippen LogP contribution < -0.4 is 4.90 Å². The number of benzene rings is 1. The van der Waals surface area contributed by atoms with Gasteiger partial charge in [0.15, 0.2) is 5.12 Å². The lowest BCUT2D eigenvalue weighted by Crippen LogP contribution is -2.24. The molecule has 0 N–H and O–H groups in total. The zero-order valence-electron chi connectivity index (χ0n) is 12.3. The predicted octanol–water partition coefficient (Wildman–Crippen LogP) is 2.50. The van der Waals surface area contributed by atoms with Gasteiger partial charge in [0.2, 0.25) is 5.91 Å². The van der Waals surface area contributed by atoms with Gasteiger partial charge < -0.3 is 9.47 Å². The van der Waals surface area contributed by atoms with Crippen LogP contribution in [0.1, 0.15) is 13.3 Å². The van der Waals surface area contributed by atoms with Crippen molar-refractivity contribution in [3.05, 3.63) is 43.0 Å². The summed E-state index contributed by atoms with van der Waals surface area (Å²) in [6.45, 7) is 2.24. The molecule has 1 atom stereocenters. The molecule has 1 aliphatic heterocycles. The summed E-state index contributed by atoms with van der Waals surface area (Å²) < 4.78 is 1.91. The lowest BCUT2D eigenvalue weighted by Gasteiger charge is -2.17. The number of hydrogen-bond donors (Lipinski definition) is 0. The Morgan fingerprint density at radius 2 is 2.23 bits per heavy atom. The summed E-state index contributed by atoms with van der Waals surface area (Å²) in [5.41, 5.74) is 1.87. The number of nitrogens with zero attached hydrogens (tertiary/aromatic N) is 3. The molecular formula is C16H17N3O2S. The lowest BCUT2D eigenvalue weighted by atomic mass is 10.1. The second kappa shape index (κ2) is 6.36. The number of rotatable bonds is 4. The molecule has 5 nitrogen and oxygen atoms in total. The third-order valence-electron chi connectivity index (χ3n) is 3.67. The maximum absolute atomic E-state index is 12.2. The number of thioether (sulfide) groups is 1. The van der Waals surface area contributed by atoms with Crippen LogP contribution in [0.3, 0.4) is 0 Å². The molecule has 1 fully saturated rings. The molecule has 6 heteroatoms. The van der Waals surface area contributed by atoms with Crippen molar-refractivity contribution in [2.24, 2.45) is 5.92 Å². The normalized spacial score (nSPS) is 18.0. The summed E-state index contributed by atoms with van der Waals surface area (Å²) in [5.74, 6) is 1.06. The largest absolute Gasteiger partial charge is 0.312 e. The van der Waals surface area contributed by atoms with Crippen molar-refractivity contribution in [2.75, 3.05) is 17.2 Å². The molecule has 0 radical (unpaired) electrons. The van der Waals surface area contributed by atoms with Crippen molar-refractivity contribution >= 4 is 28.5 Å². The number of hydrogen-bond acceptors (Lipinski definition) is 4. The third kappa shape index (κ3) is 3.22. The van der Waals surface area contributed by atoms with Crippen LogP contribution in [0.2, 0.25) is 0 Å². The zero-order valence-corrected chi connectivity index (χ0v) is 13.1. The van der Waals surface area contributed by atoms with Crippen LogP contribution in [0.15, 0.2) is 43.0 Å². The van der Waals surface area contributed by atoms with E-state index in [2.05, 4.69) is 4.98 Å². The number of amides is 1. The molecule has 1 unspecified atom stereocenters. The molecule has 2 aromatic rings. The number of carbonyl (C=O) groups is 2. The Bertz CT molecular complexity index is 684. The van der Waals surface area contributed by atoms with Crippen molar-refractivity contribution in [1.29, 1.82) is 0 Å². The summed E-state index contributed by atoms with van der Waals surface area (Å²) in [4.78, 5) is 29.2. The van der Waals surface area contributed by atoms with Gasteiger partial charge in [0.1, 0.15) is 0 Å². The number of anilines is 1. The minimum atomic E-state index is 0.105. The van der Waals surface area contributed by atoms with Crippen LogP contribution in [0.25, 0.3) is 5.69 Å². The molecule has 22 heavy (non-hydrogen) atoms. The first-order valence-electron chi connectivity index (χ1n) is 7.15. The van der Waals surface area contributed by atoms with E-state index in [0.29, 0.717) is 18.7 Å². The van der Waals surface area contributed by atoms with Gasteiger partial charge >= 0.3 is 0 Å². The molecule has 114 valence electrons. The maximum Gasteiger partial charge on any atom is 0.227 e. The first-order chi connectivity index (χ1) is 10.6. The van der Waals surface area contributed by atoms with Gasteiger partial charge in [-0.1, -0.05) is 17.8 Å². The van der Waals surface area contributed by atoms with Gasteiger partial charge in [-0.25, -0.2) is 4.98 Å². The minimum absolute atomic E-state index is 0.105. The minimum Gasteiger partial charge on any atom is -0.312 e. The van der Waals surface area contributed by atoms with E-state index in [4.69, 9.17) is 0 Å². The third-order valence-corrected chi connectivity index (χ3v) is 4.72. The van der Waals surface area contributed by atoms with Crippen molar-refractivity contribution < 1.29 is 9.59 Å². The Morgan fingerprint density at radius 1 is 1.41 bits per heavy atom. The Morgan fingerprint density at radius 3 is 2.95 bits per heavy atom. The van der Waals surface area contributed by atoms with Gasteiger partial charge in [0.25, 0.3) is 0 Å². The fourth-order valence-electron chi connectivity index (χ4n) is 2.61. The fraction of sp³-hybridized carbons (Fsp3) is 0.312. The number of imidazole rings is 1. The summed E-state index contributed by atoms with van der Waals surface area (Å²) in [5, 5.41) is 0.105. The summed E-state index contributed by atoms with van der Waals surface area (Å²) >= 11 is 1.30. The van der Waals surface area contributed by atoms with E-state index < -0.39 is 0 Å². The van der Waals surface area contributed by atoms with Crippen molar-refractivity contribution in [1.82, 2.24) is 9.55 Å². The average Bonchev–Trinajstić information content (AvgIpc) is 3.15. The standard InChI is InChI=1S/C16H17N3O2S/c1-12(20)22-10-13-7-16(21)19(9-13)15-4-2-3-14(8-15)18-6-5-17-11-18/h2-6,8,11,13H,7,9-10H2,1H3. The summed E-state index contributed by atoms with van der Waals surface area (Å²) in [7, 11) is 0. The molecule has 2 heterocycles. The highest BCUT2D eigenvalue weighted by Crippen LogP contribution is 2.28. The average molecular weight is 315 g/mol. The highest BCUT2D eigenvalue weighted by Gasteiger charge is 2.30. The molecule has 1 saturated heterocycles. The maximum atomic E-state index is 12.2. The molecule has 0 bridgehead atoms. The van der Waals surface area contributed by atoms with E-state index in [1.54, 1.807) is 19.4 Å². The van der Waals surface area contributed by atoms with Crippen molar-refractivity contribution in [2.45, 2.75) is 13.3 Å². The van der Waals surface area contributed by atoms with E-state index >= 15 is 0 Å². The van der Waals surface area contributed by atoms with Crippen molar-refractivity contribution in [3.8, 4) is 5.69 Å². The van der Waals surface area contributed by atoms with Gasteiger partial charge in [-0.3, -0.25) is 9.59 Å². The molecule has 0 spiro atoms. The number of carbonyl (C=O) groups excluding carboxylic acids is 2. The molecule has 3 rings (SSSR count). The van der Waals surface area contributed by atoms with Crippen LogP contribution in [-0.2, 0) is 9.59 Å². The predicted molar refractivity (Wildman–Crippen MR) is 87.2 cm³/mol. The van der Waals surface area contributed by atoms with Crippen molar-refractivity contribution in [3.63, 3.8) is 0 Å². The van der Waals surface area contributed by atoms with Gasteiger partial charge in [0.05, 0.1) is 6.33 Å². The summed E-state index contributed by atoms with van der Waals surface area (Å²) in [6.07, 6.45) is 5.84. The Kier molecular flexibility index (Phi) is 4.29.